The zero-order valence-corrected chi connectivity index (χ0v) is 13.9. The monoisotopic (exact) mass is 312 g/mol. The third kappa shape index (κ3) is 4.70. The first-order chi connectivity index (χ1) is 9.73. The second-order valence-electron chi connectivity index (χ2n) is 5.61. The molecule has 1 rings (SSSR count). The molecular formula is C14H22N3O3S-. The van der Waals surface area contributed by atoms with Crippen molar-refractivity contribution in [3.63, 3.8) is 0 Å². The molecule has 0 aliphatic rings. The fourth-order valence-electron chi connectivity index (χ4n) is 1.96. The zero-order chi connectivity index (χ0) is 16.2. The van der Waals surface area contributed by atoms with E-state index in [9.17, 15) is 14.7 Å². The summed E-state index contributed by atoms with van der Waals surface area (Å²) in [5, 5.41) is 16.7. The molecule has 0 radical (unpaired) electrons. The number of nitrogens with one attached hydrogen (secondary N) is 1. The van der Waals surface area contributed by atoms with Crippen molar-refractivity contribution in [2.75, 3.05) is 7.05 Å². The van der Waals surface area contributed by atoms with Gasteiger partial charge in [0.15, 0.2) is 0 Å². The van der Waals surface area contributed by atoms with Gasteiger partial charge in [-0.25, -0.2) is 9.78 Å². The number of carboxylic acid groups (broad SMARTS) is 1. The van der Waals surface area contributed by atoms with Crippen molar-refractivity contribution in [3.05, 3.63) is 16.1 Å². The molecular weight excluding hydrogens is 290 g/mol. The summed E-state index contributed by atoms with van der Waals surface area (Å²) in [7, 11) is 1.45. The molecule has 1 heterocycles. The summed E-state index contributed by atoms with van der Waals surface area (Å²) in [6, 6.07) is -1.40. The molecule has 0 spiro atoms. The number of amides is 2. The molecule has 0 fully saturated rings. The molecule has 2 amide bonds. The predicted octanol–water partition coefficient (Wildman–Crippen LogP) is 1.18. The van der Waals surface area contributed by atoms with E-state index in [-0.39, 0.29) is 12.5 Å². The van der Waals surface area contributed by atoms with Gasteiger partial charge >= 0.3 is 6.03 Å². The number of carbonyl (C=O) groups excluding carboxylic acids is 2. The lowest BCUT2D eigenvalue weighted by Gasteiger charge is -2.31. The van der Waals surface area contributed by atoms with Crippen molar-refractivity contribution in [1.29, 1.82) is 0 Å². The SMILES string of the molecule is CC(C)c1nc(CNC(=O)N(C)[C@H](C(=O)[O-])C(C)C)cs1. The average Bonchev–Trinajstić information content (AvgIpc) is 2.83. The maximum atomic E-state index is 12.0. The largest absolute Gasteiger partial charge is 0.548 e. The van der Waals surface area contributed by atoms with Crippen LogP contribution in [0.2, 0.25) is 0 Å². The van der Waals surface area contributed by atoms with E-state index in [0.29, 0.717) is 5.92 Å². The summed E-state index contributed by atoms with van der Waals surface area (Å²) in [4.78, 5) is 28.7. The van der Waals surface area contributed by atoms with Crippen molar-refractivity contribution < 1.29 is 14.7 Å². The molecule has 0 saturated carbocycles. The van der Waals surface area contributed by atoms with Crippen molar-refractivity contribution in [2.24, 2.45) is 5.92 Å². The van der Waals surface area contributed by atoms with Crippen LogP contribution in [-0.4, -0.2) is 35.0 Å². The van der Waals surface area contributed by atoms with Crippen LogP contribution in [0.5, 0.6) is 0 Å². The topological polar surface area (TPSA) is 85.4 Å². The Morgan fingerprint density at radius 1 is 1.38 bits per heavy atom. The minimum atomic E-state index is -1.25. The van der Waals surface area contributed by atoms with Gasteiger partial charge in [0.2, 0.25) is 0 Å². The van der Waals surface area contributed by atoms with E-state index in [0.717, 1.165) is 15.6 Å². The van der Waals surface area contributed by atoms with Gasteiger partial charge in [0.25, 0.3) is 0 Å². The minimum Gasteiger partial charge on any atom is -0.548 e. The molecule has 1 N–H and O–H groups in total. The number of hydrogen-bond donors (Lipinski definition) is 1. The number of carboxylic acids is 1. The molecule has 1 atom stereocenters. The van der Waals surface area contributed by atoms with E-state index in [1.165, 1.54) is 7.05 Å². The molecule has 1 aromatic heterocycles. The number of nitrogens with zero attached hydrogens (tertiary/aromatic N) is 2. The molecule has 0 aliphatic carbocycles. The summed E-state index contributed by atoms with van der Waals surface area (Å²) in [6.45, 7) is 7.87. The number of carbonyl (C=O) groups is 2. The van der Waals surface area contributed by atoms with E-state index in [2.05, 4.69) is 24.1 Å². The molecule has 0 saturated heterocycles. The summed E-state index contributed by atoms with van der Waals surface area (Å²) < 4.78 is 0. The average molecular weight is 312 g/mol. The Balaban J connectivity index is 2.61. The lowest BCUT2D eigenvalue weighted by molar-refractivity contribution is -0.312. The summed E-state index contributed by atoms with van der Waals surface area (Å²) >= 11 is 1.55. The number of thiazole rings is 1. The van der Waals surface area contributed by atoms with Crippen LogP contribution < -0.4 is 10.4 Å². The lowest BCUT2D eigenvalue weighted by atomic mass is 10.0. The highest BCUT2D eigenvalue weighted by atomic mass is 32.1. The first kappa shape index (κ1) is 17.4. The Morgan fingerprint density at radius 2 is 2.00 bits per heavy atom. The third-order valence-electron chi connectivity index (χ3n) is 3.09. The second-order valence-corrected chi connectivity index (χ2v) is 6.50. The highest BCUT2D eigenvalue weighted by Gasteiger charge is 2.24. The molecule has 7 heteroatoms. The van der Waals surface area contributed by atoms with Crippen molar-refractivity contribution in [2.45, 2.75) is 46.2 Å². The maximum Gasteiger partial charge on any atom is 0.318 e. The summed E-state index contributed by atoms with van der Waals surface area (Å²) in [5.74, 6) is -1.12. The van der Waals surface area contributed by atoms with Crippen LogP contribution in [0.1, 0.15) is 44.3 Å². The smallest absolute Gasteiger partial charge is 0.318 e. The van der Waals surface area contributed by atoms with Crippen LogP contribution in [0, 0.1) is 5.92 Å². The van der Waals surface area contributed by atoms with E-state index >= 15 is 0 Å². The van der Waals surface area contributed by atoms with Crippen LogP contribution in [0.4, 0.5) is 4.79 Å². The highest BCUT2D eigenvalue weighted by Crippen LogP contribution is 2.19. The molecule has 0 aromatic carbocycles. The number of urea groups is 1. The van der Waals surface area contributed by atoms with E-state index in [4.69, 9.17) is 0 Å². The standard InChI is InChI=1S/C14H23N3O3S/c1-8(2)11(13(18)19)17(5)14(20)15-6-10-7-21-12(16-10)9(3)4/h7-9,11H,6H2,1-5H3,(H,15,20)(H,18,19)/p-1/t11-/m0/s1. The van der Waals surface area contributed by atoms with Crippen molar-refractivity contribution in [3.8, 4) is 0 Å². The van der Waals surface area contributed by atoms with Crippen LogP contribution in [0.15, 0.2) is 5.38 Å². The Morgan fingerprint density at radius 3 is 2.43 bits per heavy atom. The fourth-order valence-corrected chi connectivity index (χ4v) is 2.80. The van der Waals surface area contributed by atoms with E-state index < -0.39 is 18.0 Å². The third-order valence-corrected chi connectivity index (χ3v) is 4.29. The quantitative estimate of drug-likeness (QED) is 0.855. The number of aliphatic carboxylic acids is 1. The highest BCUT2D eigenvalue weighted by molar-refractivity contribution is 7.09. The van der Waals surface area contributed by atoms with Crippen molar-refractivity contribution >= 4 is 23.3 Å². The van der Waals surface area contributed by atoms with E-state index in [1.54, 1.807) is 25.2 Å². The molecule has 6 nitrogen and oxygen atoms in total. The van der Waals surface area contributed by atoms with Gasteiger partial charge in [-0.3, -0.25) is 0 Å². The Bertz CT molecular complexity index is 499. The summed E-state index contributed by atoms with van der Waals surface area (Å²) in [6.07, 6.45) is 0. The predicted molar refractivity (Wildman–Crippen MR) is 79.8 cm³/mol. The molecule has 21 heavy (non-hydrogen) atoms. The number of aromatic nitrogens is 1. The zero-order valence-electron chi connectivity index (χ0n) is 13.0. The Kier molecular flexibility index (Phi) is 6.14. The summed E-state index contributed by atoms with van der Waals surface area (Å²) in [5.41, 5.74) is 0.778. The normalized spacial score (nSPS) is 12.5. The van der Waals surface area contributed by atoms with Crippen molar-refractivity contribution in [1.82, 2.24) is 15.2 Å². The molecule has 1 aromatic rings. The first-order valence-corrected chi connectivity index (χ1v) is 7.77. The second kappa shape index (κ2) is 7.40. The number of rotatable bonds is 6. The van der Waals surface area contributed by atoms with Crippen LogP contribution in [0.25, 0.3) is 0 Å². The van der Waals surface area contributed by atoms with Crippen LogP contribution >= 0.6 is 11.3 Å². The Labute approximate surface area is 129 Å². The van der Waals surface area contributed by atoms with E-state index in [1.807, 2.05) is 5.38 Å². The molecule has 0 bridgehead atoms. The van der Waals surface area contributed by atoms with Gasteiger partial charge in [0.05, 0.1) is 29.3 Å². The molecule has 0 aliphatic heterocycles. The number of hydrogen-bond acceptors (Lipinski definition) is 5. The first-order valence-electron chi connectivity index (χ1n) is 6.89. The van der Waals surface area contributed by atoms with Gasteiger partial charge in [-0.2, -0.15) is 0 Å². The van der Waals surface area contributed by atoms with Gasteiger partial charge < -0.3 is 20.1 Å². The van der Waals surface area contributed by atoms with Gasteiger partial charge in [0.1, 0.15) is 0 Å². The van der Waals surface area contributed by atoms with Gasteiger partial charge in [-0.1, -0.05) is 27.7 Å². The molecule has 118 valence electrons. The van der Waals surface area contributed by atoms with Crippen LogP contribution in [0.3, 0.4) is 0 Å². The van der Waals surface area contributed by atoms with Gasteiger partial charge in [-0.15, -0.1) is 11.3 Å². The van der Waals surface area contributed by atoms with Gasteiger partial charge in [-0.05, 0) is 5.92 Å². The Hall–Kier alpha value is -1.63. The lowest BCUT2D eigenvalue weighted by Crippen LogP contribution is -2.54. The fraction of sp³-hybridized carbons (Fsp3) is 0.643. The minimum absolute atomic E-state index is 0.224. The van der Waals surface area contributed by atoms with Crippen LogP contribution in [-0.2, 0) is 11.3 Å². The number of likely N-dealkylation sites (N-methyl/N-ethyl adjacent to an activating group) is 1. The van der Waals surface area contributed by atoms with Gasteiger partial charge in [0, 0.05) is 18.3 Å². The molecule has 0 unspecified atom stereocenters. The maximum absolute atomic E-state index is 12.0.